The van der Waals surface area contributed by atoms with Crippen molar-refractivity contribution in [1.82, 2.24) is 0 Å². The van der Waals surface area contributed by atoms with Crippen LogP contribution in [-0.4, -0.2) is 24.7 Å². The van der Waals surface area contributed by atoms with E-state index in [0.717, 1.165) is 5.56 Å². The monoisotopic (exact) mass is 349 g/mol. The molecule has 0 atom stereocenters. The van der Waals surface area contributed by atoms with Gasteiger partial charge in [-0.25, -0.2) is 4.79 Å². The lowest BCUT2D eigenvalue weighted by Gasteiger charge is -2.07. The summed E-state index contributed by atoms with van der Waals surface area (Å²) in [5.41, 5.74) is 2.09. The van der Waals surface area contributed by atoms with Crippen LogP contribution < -0.4 is 5.32 Å². The fourth-order valence-corrected chi connectivity index (χ4v) is 2.99. The van der Waals surface area contributed by atoms with E-state index in [9.17, 15) is 9.59 Å². The molecule has 4 nitrogen and oxygen atoms in total. The standard InChI is InChI=1S/C17H16ClNO3S/c1-22-17(21)12-6-8-14(9-7-12)19-16(20)11-23-10-13-4-2-3-5-15(13)18/h2-9H,10-11H2,1H3,(H,19,20). The highest BCUT2D eigenvalue weighted by Crippen LogP contribution is 2.21. The normalized spacial score (nSPS) is 10.2. The van der Waals surface area contributed by atoms with Gasteiger partial charge >= 0.3 is 5.97 Å². The van der Waals surface area contributed by atoms with Crippen molar-refractivity contribution >= 4 is 40.9 Å². The number of hydrogen-bond donors (Lipinski definition) is 1. The Morgan fingerprint density at radius 2 is 1.83 bits per heavy atom. The second-order valence-electron chi connectivity index (χ2n) is 4.70. The number of ether oxygens (including phenoxy) is 1. The molecule has 1 N–H and O–H groups in total. The van der Waals surface area contributed by atoms with E-state index in [1.165, 1.54) is 18.9 Å². The number of methoxy groups -OCH3 is 1. The van der Waals surface area contributed by atoms with E-state index in [1.807, 2.05) is 24.3 Å². The van der Waals surface area contributed by atoms with Gasteiger partial charge in [-0.1, -0.05) is 29.8 Å². The average Bonchev–Trinajstić information content (AvgIpc) is 2.56. The number of esters is 1. The smallest absolute Gasteiger partial charge is 0.337 e. The Bertz CT molecular complexity index is 688. The minimum Gasteiger partial charge on any atom is -0.465 e. The van der Waals surface area contributed by atoms with Gasteiger partial charge in [0.2, 0.25) is 5.91 Å². The number of thioether (sulfide) groups is 1. The van der Waals surface area contributed by atoms with Gasteiger partial charge in [-0.05, 0) is 35.9 Å². The molecule has 0 aliphatic heterocycles. The van der Waals surface area contributed by atoms with Crippen LogP contribution in [0.1, 0.15) is 15.9 Å². The van der Waals surface area contributed by atoms with Gasteiger partial charge < -0.3 is 10.1 Å². The second-order valence-corrected chi connectivity index (χ2v) is 6.09. The maximum Gasteiger partial charge on any atom is 0.337 e. The molecule has 0 fully saturated rings. The zero-order valence-electron chi connectivity index (χ0n) is 12.5. The molecular formula is C17H16ClNO3S. The van der Waals surface area contributed by atoms with E-state index in [4.69, 9.17) is 11.6 Å². The number of carbonyl (C=O) groups is 2. The number of hydrogen-bond acceptors (Lipinski definition) is 4. The van der Waals surface area contributed by atoms with Gasteiger partial charge in [0.05, 0.1) is 18.4 Å². The summed E-state index contributed by atoms with van der Waals surface area (Å²) < 4.78 is 4.62. The molecule has 0 unspecified atom stereocenters. The molecule has 23 heavy (non-hydrogen) atoms. The summed E-state index contributed by atoms with van der Waals surface area (Å²) in [6.45, 7) is 0. The van der Waals surface area contributed by atoms with Crippen LogP contribution in [0.5, 0.6) is 0 Å². The molecule has 0 radical (unpaired) electrons. The minimum atomic E-state index is -0.404. The Balaban J connectivity index is 1.81. The van der Waals surface area contributed by atoms with Crippen molar-refractivity contribution in [2.45, 2.75) is 5.75 Å². The first kappa shape index (κ1) is 17.4. The molecule has 0 aliphatic carbocycles. The first-order valence-electron chi connectivity index (χ1n) is 6.89. The van der Waals surface area contributed by atoms with Crippen LogP contribution in [0, 0.1) is 0 Å². The van der Waals surface area contributed by atoms with Gasteiger partial charge in [0, 0.05) is 16.5 Å². The number of carbonyl (C=O) groups excluding carboxylic acids is 2. The molecule has 0 aromatic heterocycles. The molecule has 0 spiro atoms. The van der Waals surface area contributed by atoms with E-state index in [-0.39, 0.29) is 5.91 Å². The fourth-order valence-electron chi connectivity index (χ4n) is 1.87. The summed E-state index contributed by atoms with van der Waals surface area (Å²) in [6, 6.07) is 14.1. The molecule has 0 saturated heterocycles. The van der Waals surface area contributed by atoms with Crippen molar-refractivity contribution in [3.05, 3.63) is 64.7 Å². The van der Waals surface area contributed by atoms with E-state index in [2.05, 4.69) is 10.1 Å². The van der Waals surface area contributed by atoms with E-state index in [1.54, 1.807) is 24.3 Å². The largest absolute Gasteiger partial charge is 0.465 e. The van der Waals surface area contributed by atoms with Crippen molar-refractivity contribution in [1.29, 1.82) is 0 Å². The summed E-state index contributed by atoms with van der Waals surface area (Å²) in [6.07, 6.45) is 0. The second kappa shape index (κ2) is 8.60. The summed E-state index contributed by atoms with van der Waals surface area (Å²) >= 11 is 7.56. The lowest BCUT2D eigenvalue weighted by molar-refractivity contribution is -0.113. The Morgan fingerprint density at radius 3 is 2.48 bits per heavy atom. The summed E-state index contributed by atoms with van der Waals surface area (Å²) in [7, 11) is 1.33. The molecule has 2 aromatic rings. The third kappa shape index (κ3) is 5.30. The molecule has 0 aliphatic rings. The first-order chi connectivity index (χ1) is 11.1. The fraction of sp³-hybridized carbons (Fsp3) is 0.176. The van der Waals surface area contributed by atoms with Crippen molar-refractivity contribution in [3.63, 3.8) is 0 Å². The summed E-state index contributed by atoms with van der Waals surface area (Å²) in [4.78, 5) is 23.2. The Hall–Kier alpha value is -1.98. The number of anilines is 1. The van der Waals surface area contributed by atoms with E-state index in [0.29, 0.717) is 27.8 Å². The predicted molar refractivity (Wildman–Crippen MR) is 94.0 cm³/mol. The van der Waals surface area contributed by atoms with Gasteiger partial charge in [0.15, 0.2) is 0 Å². The molecular weight excluding hydrogens is 334 g/mol. The first-order valence-corrected chi connectivity index (χ1v) is 8.43. The molecule has 0 saturated carbocycles. The highest BCUT2D eigenvalue weighted by molar-refractivity contribution is 7.99. The number of rotatable bonds is 6. The maximum atomic E-state index is 11.9. The zero-order chi connectivity index (χ0) is 16.7. The molecule has 2 rings (SSSR count). The number of nitrogens with one attached hydrogen (secondary N) is 1. The van der Waals surface area contributed by atoms with Crippen LogP contribution in [0.3, 0.4) is 0 Å². The van der Waals surface area contributed by atoms with Crippen LogP contribution in [0.2, 0.25) is 5.02 Å². The van der Waals surface area contributed by atoms with Crippen LogP contribution in [0.15, 0.2) is 48.5 Å². The van der Waals surface area contributed by atoms with Gasteiger partial charge in [-0.3, -0.25) is 4.79 Å². The molecule has 0 heterocycles. The highest BCUT2D eigenvalue weighted by Gasteiger charge is 2.07. The van der Waals surface area contributed by atoms with Crippen LogP contribution >= 0.6 is 23.4 Å². The SMILES string of the molecule is COC(=O)c1ccc(NC(=O)CSCc2ccccc2Cl)cc1. The van der Waals surface area contributed by atoms with Gasteiger partial charge in [-0.2, -0.15) is 0 Å². The van der Waals surface area contributed by atoms with E-state index < -0.39 is 5.97 Å². The number of amides is 1. The lowest BCUT2D eigenvalue weighted by atomic mass is 10.2. The molecule has 6 heteroatoms. The Kier molecular flexibility index (Phi) is 6.50. The summed E-state index contributed by atoms with van der Waals surface area (Å²) in [5.74, 6) is 0.490. The van der Waals surface area contributed by atoms with Crippen molar-refractivity contribution in [3.8, 4) is 0 Å². The Labute approximate surface area is 144 Å². The maximum absolute atomic E-state index is 11.9. The third-order valence-corrected chi connectivity index (χ3v) is 4.39. The minimum absolute atomic E-state index is 0.104. The van der Waals surface area contributed by atoms with Crippen LogP contribution in [0.25, 0.3) is 0 Å². The average molecular weight is 350 g/mol. The van der Waals surface area contributed by atoms with E-state index >= 15 is 0 Å². The lowest BCUT2D eigenvalue weighted by Crippen LogP contribution is -2.14. The topological polar surface area (TPSA) is 55.4 Å². The van der Waals surface area contributed by atoms with Crippen molar-refractivity contribution in [2.75, 3.05) is 18.2 Å². The summed E-state index contributed by atoms with van der Waals surface area (Å²) in [5, 5.41) is 3.49. The molecule has 1 amide bonds. The highest BCUT2D eigenvalue weighted by atomic mass is 35.5. The predicted octanol–water partition coefficient (Wildman–Crippen LogP) is 4.00. The van der Waals surface area contributed by atoms with Crippen molar-refractivity contribution < 1.29 is 14.3 Å². The number of halogens is 1. The Morgan fingerprint density at radius 1 is 1.13 bits per heavy atom. The number of benzene rings is 2. The zero-order valence-corrected chi connectivity index (χ0v) is 14.1. The molecule has 2 aromatic carbocycles. The van der Waals surface area contributed by atoms with Gasteiger partial charge in [0.25, 0.3) is 0 Å². The van der Waals surface area contributed by atoms with Gasteiger partial charge in [-0.15, -0.1) is 11.8 Å². The van der Waals surface area contributed by atoms with Crippen LogP contribution in [-0.2, 0) is 15.3 Å². The van der Waals surface area contributed by atoms with Crippen LogP contribution in [0.4, 0.5) is 5.69 Å². The van der Waals surface area contributed by atoms with Crippen molar-refractivity contribution in [2.24, 2.45) is 0 Å². The van der Waals surface area contributed by atoms with Gasteiger partial charge in [0.1, 0.15) is 0 Å². The quantitative estimate of drug-likeness (QED) is 0.801. The molecule has 120 valence electrons. The third-order valence-electron chi connectivity index (χ3n) is 3.04. The molecule has 0 bridgehead atoms.